The first-order chi connectivity index (χ1) is 25.1. The topological polar surface area (TPSA) is 169 Å². The number of likely N-dealkylation sites (N-methyl/N-ethyl adjacent to an activating group) is 2. The van der Waals surface area contributed by atoms with Crippen LogP contribution in [0.4, 0.5) is 8.78 Å². The van der Waals surface area contributed by atoms with Gasteiger partial charge in [0, 0.05) is 46.2 Å². The molecular formula is C37H51F2N7O7. The third-order valence-corrected chi connectivity index (χ3v) is 10.1. The van der Waals surface area contributed by atoms with E-state index in [1.807, 2.05) is 6.92 Å². The first-order valence-electron chi connectivity index (χ1n) is 18.3. The van der Waals surface area contributed by atoms with Crippen LogP contribution in [-0.2, 0) is 40.0 Å². The van der Waals surface area contributed by atoms with E-state index in [4.69, 9.17) is 0 Å². The lowest BCUT2D eigenvalue weighted by atomic mass is 10.0. The quantitative estimate of drug-likeness (QED) is 0.251. The van der Waals surface area contributed by atoms with Gasteiger partial charge in [-0.1, -0.05) is 25.8 Å². The Morgan fingerprint density at radius 2 is 1.51 bits per heavy atom. The van der Waals surface area contributed by atoms with Crippen molar-refractivity contribution in [1.29, 1.82) is 0 Å². The van der Waals surface area contributed by atoms with Gasteiger partial charge in [0.2, 0.25) is 41.4 Å². The molecule has 3 heterocycles. The Bertz CT molecular complexity index is 1590. The van der Waals surface area contributed by atoms with Crippen molar-refractivity contribution in [2.24, 2.45) is 0 Å². The van der Waals surface area contributed by atoms with Gasteiger partial charge in [-0.15, -0.1) is 0 Å². The van der Waals surface area contributed by atoms with Crippen LogP contribution in [0.2, 0.25) is 0 Å². The zero-order valence-corrected chi connectivity index (χ0v) is 31.0. The van der Waals surface area contributed by atoms with Crippen LogP contribution in [0.15, 0.2) is 30.4 Å². The molecule has 3 fully saturated rings. The summed E-state index contributed by atoms with van der Waals surface area (Å²) in [7, 11) is 2.87. The number of amides is 7. The van der Waals surface area contributed by atoms with E-state index in [-0.39, 0.29) is 38.0 Å². The summed E-state index contributed by atoms with van der Waals surface area (Å²) in [4.78, 5) is 101. The maximum absolute atomic E-state index is 14.4. The maximum Gasteiger partial charge on any atom is 0.247 e. The number of carbonyl (C=O) groups excluding carboxylic acids is 7. The third kappa shape index (κ3) is 10.2. The van der Waals surface area contributed by atoms with Crippen molar-refractivity contribution in [2.45, 2.75) is 108 Å². The average molecular weight is 744 g/mol. The molecule has 53 heavy (non-hydrogen) atoms. The molecule has 16 heteroatoms. The fraction of sp³-hybridized carbons (Fsp3) is 0.595. The Labute approximate surface area is 308 Å². The lowest BCUT2D eigenvalue weighted by molar-refractivity contribution is -0.150. The second-order valence-corrected chi connectivity index (χ2v) is 14.1. The number of nitrogens with one attached hydrogen (secondary N) is 3. The maximum atomic E-state index is 14.4. The fourth-order valence-electron chi connectivity index (χ4n) is 7.00. The SMILES string of the molecule is CCCC/C=C/C(=O)N[C@@H](Cc1cc(F)cc(F)c1)C(=O)N[C@H]1CN(C)C(=O)[C@@H]2CCCN2C(=O)[C@H](C)NC(=O)[C@H](C)N(C)C(=O)[C@@H]2CCCN2C1=O. The van der Waals surface area contributed by atoms with Crippen molar-refractivity contribution < 1.29 is 42.3 Å². The van der Waals surface area contributed by atoms with E-state index >= 15 is 0 Å². The number of rotatable bonds is 9. The molecule has 0 spiro atoms. The molecule has 14 nitrogen and oxygen atoms in total. The summed E-state index contributed by atoms with van der Waals surface area (Å²) in [6.07, 6.45) is 6.51. The second kappa shape index (κ2) is 18.2. The van der Waals surface area contributed by atoms with Gasteiger partial charge in [-0.3, -0.25) is 33.6 Å². The summed E-state index contributed by atoms with van der Waals surface area (Å²) in [5.41, 5.74) is 0.0705. The summed E-state index contributed by atoms with van der Waals surface area (Å²) in [6.45, 7) is 5.07. The standard InChI is InChI=1S/C37H51F2N7O7/c1-6-7-8-9-14-31(47)41-27(19-24-17-25(38)20-26(39)18-24)33(49)42-28-21-43(4)36(52)29-12-10-15-45(29)34(50)22(2)40-32(48)23(3)44(5)37(53)30-13-11-16-46(30)35(28)51/h9,14,17-18,20,22-23,27-30H,6-8,10-13,15-16,19,21H2,1-5H3,(H,40,48)(H,41,47)(H,42,49)/b14-9+/t22-,23-,27-,28-,29-,30-/m0/s1. The number of unbranched alkanes of at least 4 members (excludes halogenated alkanes) is 2. The van der Waals surface area contributed by atoms with Crippen LogP contribution in [0, 0.1) is 11.6 Å². The molecule has 3 aliphatic heterocycles. The molecule has 0 aromatic heterocycles. The highest BCUT2D eigenvalue weighted by molar-refractivity contribution is 5.98. The number of allylic oxidation sites excluding steroid dienone is 1. The van der Waals surface area contributed by atoms with Gasteiger partial charge in [0.25, 0.3) is 0 Å². The largest absolute Gasteiger partial charge is 0.343 e. The van der Waals surface area contributed by atoms with E-state index in [1.165, 1.54) is 53.6 Å². The summed E-state index contributed by atoms with van der Waals surface area (Å²) >= 11 is 0. The lowest BCUT2D eigenvalue weighted by Gasteiger charge is -2.36. The molecule has 0 unspecified atom stereocenters. The molecule has 0 aliphatic carbocycles. The van der Waals surface area contributed by atoms with Crippen LogP contribution in [0.5, 0.6) is 0 Å². The first-order valence-corrected chi connectivity index (χ1v) is 18.3. The Morgan fingerprint density at radius 1 is 0.906 bits per heavy atom. The van der Waals surface area contributed by atoms with E-state index < -0.39 is 89.2 Å². The normalized spacial score (nSPS) is 25.4. The Kier molecular flexibility index (Phi) is 14.1. The predicted molar refractivity (Wildman–Crippen MR) is 190 cm³/mol. The Hall–Kier alpha value is -4.89. The number of hydrogen-bond acceptors (Lipinski definition) is 7. The molecule has 0 radical (unpaired) electrons. The molecule has 3 saturated heterocycles. The van der Waals surface area contributed by atoms with Gasteiger partial charge in [-0.05, 0) is 69.7 Å². The van der Waals surface area contributed by atoms with Crippen molar-refractivity contribution in [3.8, 4) is 0 Å². The highest BCUT2D eigenvalue weighted by atomic mass is 19.1. The zero-order valence-electron chi connectivity index (χ0n) is 31.0. The van der Waals surface area contributed by atoms with Gasteiger partial charge >= 0.3 is 0 Å². The molecule has 1 aromatic carbocycles. The third-order valence-electron chi connectivity index (χ3n) is 10.1. The smallest absolute Gasteiger partial charge is 0.247 e. The molecule has 3 N–H and O–H groups in total. The highest BCUT2D eigenvalue weighted by Gasteiger charge is 2.44. The minimum Gasteiger partial charge on any atom is -0.343 e. The highest BCUT2D eigenvalue weighted by Crippen LogP contribution is 2.24. The first kappa shape index (κ1) is 40.9. The monoisotopic (exact) mass is 743 g/mol. The van der Waals surface area contributed by atoms with Gasteiger partial charge in [0.1, 0.15) is 47.9 Å². The van der Waals surface area contributed by atoms with Crippen molar-refractivity contribution in [3.05, 3.63) is 47.5 Å². The number of hydrogen-bond donors (Lipinski definition) is 3. The van der Waals surface area contributed by atoms with E-state index in [0.29, 0.717) is 31.7 Å². The molecule has 4 rings (SSSR count). The van der Waals surface area contributed by atoms with Crippen LogP contribution < -0.4 is 16.0 Å². The summed E-state index contributed by atoms with van der Waals surface area (Å²) in [6, 6.07) is -3.96. The van der Waals surface area contributed by atoms with Gasteiger partial charge in [-0.25, -0.2) is 8.78 Å². The van der Waals surface area contributed by atoms with E-state index in [1.54, 1.807) is 6.08 Å². The van der Waals surface area contributed by atoms with Gasteiger partial charge in [0.05, 0.1) is 0 Å². The van der Waals surface area contributed by atoms with Crippen LogP contribution in [0.1, 0.15) is 71.3 Å². The molecule has 3 aliphatic rings. The summed E-state index contributed by atoms with van der Waals surface area (Å²) in [5.74, 6) is -6.02. The number of fused-ring (bicyclic) bond motifs is 2. The predicted octanol–water partition coefficient (Wildman–Crippen LogP) is 1.03. The van der Waals surface area contributed by atoms with Crippen molar-refractivity contribution in [1.82, 2.24) is 35.6 Å². The Balaban J connectivity index is 1.70. The number of halogens is 2. The van der Waals surface area contributed by atoms with Crippen molar-refractivity contribution >= 4 is 41.4 Å². The number of carbonyl (C=O) groups is 7. The van der Waals surface area contributed by atoms with Crippen LogP contribution >= 0.6 is 0 Å². The number of benzene rings is 1. The lowest BCUT2D eigenvalue weighted by Crippen LogP contribution is -2.62. The van der Waals surface area contributed by atoms with E-state index in [0.717, 1.165) is 25.0 Å². The summed E-state index contributed by atoms with van der Waals surface area (Å²) in [5, 5.41) is 7.90. The van der Waals surface area contributed by atoms with Crippen LogP contribution in [0.25, 0.3) is 0 Å². The van der Waals surface area contributed by atoms with Gasteiger partial charge in [0.15, 0.2) is 0 Å². The zero-order chi connectivity index (χ0) is 39.0. The van der Waals surface area contributed by atoms with Gasteiger partial charge in [-0.2, -0.15) is 0 Å². The Morgan fingerprint density at radius 3 is 2.13 bits per heavy atom. The van der Waals surface area contributed by atoms with Crippen molar-refractivity contribution in [3.63, 3.8) is 0 Å². The molecule has 7 amide bonds. The van der Waals surface area contributed by atoms with Crippen molar-refractivity contribution in [2.75, 3.05) is 33.7 Å². The minimum absolute atomic E-state index is 0.0705. The molecule has 0 saturated carbocycles. The number of nitrogens with zero attached hydrogens (tertiary/aromatic N) is 4. The molecule has 1 aromatic rings. The molecule has 6 atom stereocenters. The molecule has 0 bridgehead atoms. The second-order valence-electron chi connectivity index (χ2n) is 14.1. The minimum atomic E-state index is -1.43. The summed E-state index contributed by atoms with van der Waals surface area (Å²) < 4.78 is 28.3. The van der Waals surface area contributed by atoms with Crippen LogP contribution in [-0.4, -0.2) is 131 Å². The molecule has 290 valence electrons. The average Bonchev–Trinajstić information content (AvgIpc) is 3.81. The van der Waals surface area contributed by atoms with E-state index in [9.17, 15) is 42.3 Å². The van der Waals surface area contributed by atoms with E-state index in [2.05, 4.69) is 16.0 Å². The fourth-order valence-corrected chi connectivity index (χ4v) is 7.00. The van der Waals surface area contributed by atoms with Gasteiger partial charge < -0.3 is 35.6 Å². The molecular weight excluding hydrogens is 692 g/mol. The van der Waals surface area contributed by atoms with Crippen LogP contribution in [0.3, 0.4) is 0 Å².